The molecule has 21 heavy (non-hydrogen) atoms. The van der Waals surface area contributed by atoms with Crippen LogP contribution in [-0.4, -0.2) is 36.5 Å². The van der Waals surface area contributed by atoms with E-state index in [-0.39, 0.29) is 5.91 Å². The lowest BCUT2D eigenvalue weighted by molar-refractivity contribution is -0.118. The maximum atomic E-state index is 12.0. The Morgan fingerprint density at radius 3 is 2.86 bits per heavy atom. The minimum atomic E-state index is 0.0360. The van der Waals surface area contributed by atoms with Crippen molar-refractivity contribution in [3.05, 3.63) is 41.3 Å². The molecule has 1 N–H and O–H groups in total. The molecule has 1 aromatic carbocycles. The van der Waals surface area contributed by atoms with Crippen LogP contribution in [0, 0.1) is 12.8 Å². The van der Waals surface area contributed by atoms with E-state index in [4.69, 9.17) is 0 Å². The van der Waals surface area contributed by atoms with Gasteiger partial charge in [0.1, 0.15) is 0 Å². The number of piperidine rings is 3. The van der Waals surface area contributed by atoms with Crippen LogP contribution in [0.3, 0.4) is 0 Å². The first-order chi connectivity index (χ1) is 10.2. The largest absolute Gasteiger partial charge is 0.348 e. The summed E-state index contributed by atoms with van der Waals surface area (Å²) in [6.07, 6.45) is 4.12. The van der Waals surface area contributed by atoms with Crippen LogP contribution in [0.15, 0.2) is 40.6 Å². The summed E-state index contributed by atoms with van der Waals surface area (Å²) in [5.74, 6) is 0.714. The number of benzene rings is 1. The monoisotopic (exact) mass is 302 g/mol. The molecule has 112 valence electrons. The first-order valence-corrected chi connectivity index (χ1v) is 8.51. The maximum Gasteiger partial charge on any atom is 0.244 e. The van der Waals surface area contributed by atoms with E-state index in [0.29, 0.717) is 12.0 Å². The van der Waals surface area contributed by atoms with Crippen molar-refractivity contribution in [2.75, 3.05) is 19.6 Å². The lowest BCUT2D eigenvalue weighted by Crippen LogP contribution is -2.57. The van der Waals surface area contributed by atoms with Crippen molar-refractivity contribution in [3.8, 4) is 0 Å². The van der Waals surface area contributed by atoms with Crippen molar-refractivity contribution in [2.45, 2.75) is 30.7 Å². The smallest absolute Gasteiger partial charge is 0.244 e. The van der Waals surface area contributed by atoms with Gasteiger partial charge < -0.3 is 10.2 Å². The van der Waals surface area contributed by atoms with E-state index in [9.17, 15) is 4.79 Å². The Labute approximate surface area is 130 Å². The first-order valence-electron chi connectivity index (χ1n) is 7.63. The zero-order valence-corrected chi connectivity index (χ0v) is 13.2. The summed E-state index contributed by atoms with van der Waals surface area (Å²) in [7, 11) is 0. The molecule has 4 rings (SSSR count). The molecular formula is C17H22N2OS. The van der Waals surface area contributed by atoms with Crippen LogP contribution in [0.2, 0.25) is 0 Å². The Kier molecular flexibility index (Phi) is 4.66. The Morgan fingerprint density at radius 1 is 1.38 bits per heavy atom. The molecular weight excluding hydrogens is 280 g/mol. The van der Waals surface area contributed by atoms with Gasteiger partial charge in [-0.05, 0) is 56.3 Å². The topological polar surface area (TPSA) is 32.3 Å². The van der Waals surface area contributed by atoms with Crippen LogP contribution < -0.4 is 5.32 Å². The summed E-state index contributed by atoms with van der Waals surface area (Å²) in [6.45, 7) is 5.51. The van der Waals surface area contributed by atoms with Crippen molar-refractivity contribution in [1.29, 1.82) is 0 Å². The quantitative estimate of drug-likeness (QED) is 0.686. The highest BCUT2D eigenvalue weighted by atomic mass is 32.2. The van der Waals surface area contributed by atoms with Gasteiger partial charge >= 0.3 is 0 Å². The highest BCUT2D eigenvalue weighted by Gasteiger charge is 2.34. The van der Waals surface area contributed by atoms with E-state index < -0.39 is 0 Å². The van der Waals surface area contributed by atoms with Gasteiger partial charge in [-0.1, -0.05) is 29.5 Å². The summed E-state index contributed by atoms with van der Waals surface area (Å²) < 4.78 is 0. The van der Waals surface area contributed by atoms with Gasteiger partial charge in [-0.25, -0.2) is 0 Å². The number of nitrogens with zero attached hydrogens (tertiary/aromatic N) is 1. The Balaban J connectivity index is 1.49. The molecule has 0 saturated carbocycles. The van der Waals surface area contributed by atoms with Crippen molar-refractivity contribution < 1.29 is 4.79 Å². The van der Waals surface area contributed by atoms with Crippen molar-refractivity contribution in [1.82, 2.24) is 10.2 Å². The molecule has 3 nitrogen and oxygen atoms in total. The molecule has 0 aliphatic carbocycles. The fourth-order valence-electron chi connectivity index (χ4n) is 3.22. The number of amides is 1. The minimum Gasteiger partial charge on any atom is -0.348 e. The molecule has 1 unspecified atom stereocenters. The molecule has 0 spiro atoms. The second kappa shape index (κ2) is 6.67. The second-order valence-electron chi connectivity index (χ2n) is 5.99. The third-order valence-electron chi connectivity index (χ3n) is 4.40. The highest BCUT2D eigenvalue weighted by molar-refractivity contribution is 8.02. The van der Waals surface area contributed by atoms with Crippen molar-refractivity contribution in [3.63, 3.8) is 0 Å². The number of aryl methyl sites for hydroxylation is 1. The lowest BCUT2D eigenvalue weighted by atomic mass is 9.84. The second-order valence-corrected chi connectivity index (χ2v) is 6.97. The fraction of sp³-hybridized carbons (Fsp3) is 0.471. The fourth-order valence-corrected chi connectivity index (χ4v) is 3.98. The number of thioether (sulfide) groups is 1. The predicted octanol–water partition coefficient (Wildman–Crippen LogP) is 2.81. The molecule has 4 heteroatoms. The summed E-state index contributed by atoms with van der Waals surface area (Å²) in [5.41, 5.74) is 1.24. The van der Waals surface area contributed by atoms with Gasteiger partial charge in [0.25, 0.3) is 0 Å². The average molecular weight is 302 g/mol. The Bertz CT molecular complexity index is 535. The number of carbonyl (C=O) groups is 1. The Hall–Kier alpha value is -1.26. The number of nitrogens with one attached hydrogen (secondary N) is 1. The van der Waals surface area contributed by atoms with E-state index in [2.05, 4.69) is 35.3 Å². The first kappa shape index (κ1) is 14.7. The van der Waals surface area contributed by atoms with Gasteiger partial charge in [0.05, 0.1) is 0 Å². The molecule has 3 aliphatic heterocycles. The van der Waals surface area contributed by atoms with Crippen LogP contribution in [0.4, 0.5) is 0 Å². The summed E-state index contributed by atoms with van der Waals surface area (Å²) in [6, 6.07) is 8.65. The van der Waals surface area contributed by atoms with E-state index >= 15 is 0 Å². The Morgan fingerprint density at radius 2 is 2.19 bits per heavy atom. The SMILES string of the molecule is Cc1cccc(S/C=C\C(=O)NC2CN3CCC2CC3)c1. The number of hydrogen-bond acceptors (Lipinski definition) is 3. The third-order valence-corrected chi connectivity index (χ3v) is 5.20. The van der Waals surface area contributed by atoms with Crippen LogP contribution in [0.1, 0.15) is 18.4 Å². The number of rotatable bonds is 4. The average Bonchev–Trinajstić information content (AvgIpc) is 2.48. The van der Waals surface area contributed by atoms with Gasteiger partial charge in [0.2, 0.25) is 5.91 Å². The van der Waals surface area contributed by atoms with E-state index in [0.717, 1.165) is 6.54 Å². The summed E-state index contributed by atoms with van der Waals surface area (Å²) in [5, 5.41) is 5.05. The number of carbonyl (C=O) groups excluding carboxylic acids is 1. The zero-order valence-electron chi connectivity index (χ0n) is 12.4. The van der Waals surface area contributed by atoms with Crippen molar-refractivity contribution in [2.24, 2.45) is 5.92 Å². The molecule has 3 fully saturated rings. The molecule has 2 bridgehead atoms. The lowest BCUT2D eigenvalue weighted by Gasteiger charge is -2.44. The van der Waals surface area contributed by atoms with Crippen LogP contribution in [-0.2, 0) is 4.79 Å². The molecule has 0 radical (unpaired) electrons. The van der Waals surface area contributed by atoms with E-state index in [1.54, 1.807) is 17.8 Å². The molecule has 1 aromatic rings. The van der Waals surface area contributed by atoms with Crippen molar-refractivity contribution >= 4 is 17.7 Å². The number of hydrogen-bond donors (Lipinski definition) is 1. The zero-order chi connectivity index (χ0) is 14.7. The van der Waals surface area contributed by atoms with Gasteiger partial charge in [-0.15, -0.1) is 0 Å². The standard InChI is InChI=1S/C17H22N2OS/c1-13-3-2-4-15(11-13)21-10-7-17(20)18-16-12-19-8-5-14(16)6-9-19/h2-4,7,10-11,14,16H,5-6,8-9,12H2,1H3,(H,18,20)/b10-7-. The molecule has 3 aliphatic rings. The molecule has 1 amide bonds. The van der Waals surface area contributed by atoms with Gasteiger partial charge in [-0.3, -0.25) is 4.79 Å². The van der Waals surface area contributed by atoms with Crippen LogP contribution in [0.25, 0.3) is 0 Å². The van der Waals surface area contributed by atoms with Crippen LogP contribution in [0.5, 0.6) is 0 Å². The van der Waals surface area contributed by atoms with Crippen LogP contribution >= 0.6 is 11.8 Å². The number of fused-ring (bicyclic) bond motifs is 3. The summed E-state index contributed by atoms with van der Waals surface area (Å²) in [4.78, 5) is 15.6. The maximum absolute atomic E-state index is 12.0. The van der Waals surface area contributed by atoms with Gasteiger partial charge in [0.15, 0.2) is 0 Å². The summed E-state index contributed by atoms with van der Waals surface area (Å²) >= 11 is 1.59. The van der Waals surface area contributed by atoms with Gasteiger partial charge in [0, 0.05) is 23.6 Å². The predicted molar refractivity (Wildman–Crippen MR) is 87.3 cm³/mol. The highest BCUT2D eigenvalue weighted by Crippen LogP contribution is 2.27. The normalized spacial score (nSPS) is 28.0. The van der Waals surface area contributed by atoms with E-state index in [1.165, 1.54) is 36.4 Å². The molecule has 0 aromatic heterocycles. The molecule has 1 atom stereocenters. The molecule has 3 heterocycles. The molecule has 3 saturated heterocycles. The van der Waals surface area contributed by atoms with E-state index in [1.807, 2.05) is 11.5 Å². The van der Waals surface area contributed by atoms with Gasteiger partial charge in [-0.2, -0.15) is 0 Å². The third kappa shape index (κ3) is 3.89. The minimum absolute atomic E-state index is 0.0360.